The van der Waals surface area contributed by atoms with Gasteiger partial charge in [0.15, 0.2) is 0 Å². The van der Waals surface area contributed by atoms with Crippen molar-refractivity contribution in [2.45, 2.75) is 6.42 Å². The summed E-state index contributed by atoms with van der Waals surface area (Å²) in [5, 5.41) is 8.87. The Balaban J connectivity index is 2.07. The maximum absolute atomic E-state index is 10.8. The fourth-order valence-corrected chi connectivity index (χ4v) is 2.04. The minimum Gasteiger partial charge on any atom is -0.481 e. The lowest BCUT2D eigenvalue weighted by atomic mass is 10.1. The number of hydrogen-bond acceptors (Lipinski definition) is 3. The van der Waals surface area contributed by atoms with Crippen molar-refractivity contribution in [1.82, 2.24) is 4.98 Å². The minimum absolute atomic E-state index is 0.244. The van der Waals surface area contributed by atoms with Gasteiger partial charge < -0.3 is 10.0 Å². The predicted octanol–water partition coefficient (Wildman–Crippen LogP) is 1.60. The van der Waals surface area contributed by atoms with Gasteiger partial charge in [-0.15, -0.1) is 0 Å². The number of carboxylic acid groups (broad SMARTS) is 1. The number of halogens is 1. The number of aliphatic carboxylic acids is 1. The third-order valence-corrected chi connectivity index (χ3v) is 3.21. The van der Waals surface area contributed by atoms with Crippen molar-refractivity contribution < 1.29 is 9.90 Å². The van der Waals surface area contributed by atoms with Gasteiger partial charge in [0.05, 0.1) is 5.92 Å². The normalized spacial score (nSPS) is 20.6. The van der Waals surface area contributed by atoms with E-state index in [0.29, 0.717) is 13.0 Å². The number of carbonyl (C=O) groups is 1. The first-order chi connectivity index (χ1) is 7.16. The molecule has 1 unspecified atom stereocenters. The molecule has 0 amide bonds. The van der Waals surface area contributed by atoms with Gasteiger partial charge in [0.1, 0.15) is 5.82 Å². The van der Waals surface area contributed by atoms with Crippen LogP contribution in [0.2, 0.25) is 0 Å². The summed E-state index contributed by atoms with van der Waals surface area (Å²) in [6.45, 7) is 1.35. The largest absolute Gasteiger partial charge is 0.481 e. The van der Waals surface area contributed by atoms with Crippen LogP contribution >= 0.6 is 22.6 Å². The van der Waals surface area contributed by atoms with E-state index >= 15 is 0 Å². The first kappa shape index (κ1) is 10.7. The zero-order chi connectivity index (χ0) is 10.8. The molecule has 1 N–H and O–H groups in total. The van der Waals surface area contributed by atoms with Crippen molar-refractivity contribution >= 4 is 34.4 Å². The highest BCUT2D eigenvalue weighted by Crippen LogP contribution is 2.22. The maximum Gasteiger partial charge on any atom is 0.308 e. The highest BCUT2D eigenvalue weighted by molar-refractivity contribution is 14.1. The average molecular weight is 318 g/mol. The van der Waals surface area contributed by atoms with Crippen LogP contribution in [0.15, 0.2) is 18.3 Å². The van der Waals surface area contributed by atoms with Crippen molar-refractivity contribution in [3.05, 3.63) is 21.9 Å². The van der Waals surface area contributed by atoms with Crippen LogP contribution in [0.4, 0.5) is 5.82 Å². The van der Waals surface area contributed by atoms with Gasteiger partial charge in [-0.1, -0.05) is 0 Å². The molecular weight excluding hydrogens is 307 g/mol. The Hall–Kier alpha value is -0.850. The molecule has 0 bridgehead atoms. The van der Waals surface area contributed by atoms with Crippen LogP contribution in [0.5, 0.6) is 0 Å². The van der Waals surface area contributed by atoms with Gasteiger partial charge in [0.2, 0.25) is 0 Å². The Morgan fingerprint density at radius 2 is 2.40 bits per heavy atom. The third-order valence-electron chi connectivity index (χ3n) is 2.57. The molecule has 0 aromatic carbocycles. The summed E-state index contributed by atoms with van der Waals surface area (Å²) < 4.78 is 1.09. The number of pyridine rings is 1. The van der Waals surface area contributed by atoms with Crippen LogP contribution in [-0.4, -0.2) is 29.1 Å². The number of anilines is 1. The summed E-state index contributed by atoms with van der Waals surface area (Å²) in [5.74, 6) is -0.0757. The van der Waals surface area contributed by atoms with Gasteiger partial charge in [0, 0.05) is 22.9 Å². The molecule has 5 heteroatoms. The molecule has 0 saturated carbocycles. The molecule has 1 atom stereocenters. The molecule has 4 nitrogen and oxygen atoms in total. The molecule has 0 radical (unpaired) electrons. The Morgan fingerprint density at radius 3 is 2.93 bits per heavy atom. The summed E-state index contributed by atoms with van der Waals surface area (Å²) in [5.41, 5.74) is 0. The molecule has 1 fully saturated rings. The zero-order valence-electron chi connectivity index (χ0n) is 8.06. The van der Waals surface area contributed by atoms with Gasteiger partial charge >= 0.3 is 5.97 Å². The van der Waals surface area contributed by atoms with Crippen LogP contribution in [0.1, 0.15) is 6.42 Å². The van der Waals surface area contributed by atoms with Crippen molar-refractivity contribution in [3.63, 3.8) is 0 Å². The molecule has 1 aromatic heterocycles. The summed E-state index contributed by atoms with van der Waals surface area (Å²) in [4.78, 5) is 17.1. The Bertz CT molecular complexity index is 366. The maximum atomic E-state index is 10.8. The molecule has 0 spiro atoms. The van der Waals surface area contributed by atoms with Gasteiger partial charge in [-0.05, 0) is 41.1 Å². The molecule has 80 valence electrons. The van der Waals surface area contributed by atoms with E-state index in [0.717, 1.165) is 15.9 Å². The Kier molecular flexibility index (Phi) is 3.08. The van der Waals surface area contributed by atoms with Crippen LogP contribution < -0.4 is 4.90 Å². The highest BCUT2D eigenvalue weighted by atomic mass is 127. The first-order valence-electron chi connectivity index (χ1n) is 4.76. The van der Waals surface area contributed by atoms with E-state index in [-0.39, 0.29) is 5.92 Å². The molecule has 1 aliphatic heterocycles. The van der Waals surface area contributed by atoms with Gasteiger partial charge in [-0.2, -0.15) is 0 Å². The first-order valence-corrected chi connectivity index (χ1v) is 5.84. The molecule has 15 heavy (non-hydrogen) atoms. The monoisotopic (exact) mass is 318 g/mol. The second kappa shape index (κ2) is 4.34. The van der Waals surface area contributed by atoms with E-state index in [9.17, 15) is 4.79 Å². The molecule has 2 heterocycles. The van der Waals surface area contributed by atoms with Crippen LogP contribution in [0.3, 0.4) is 0 Å². The van der Waals surface area contributed by atoms with Crippen molar-refractivity contribution in [3.8, 4) is 0 Å². The standard InChI is InChI=1S/C10H11IN2O2/c11-8-1-2-9(12-5-8)13-4-3-7(6-13)10(14)15/h1-2,5,7H,3-4,6H2,(H,14,15). The lowest BCUT2D eigenvalue weighted by Gasteiger charge is -2.16. The average Bonchev–Trinajstić information content (AvgIpc) is 2.68. The number of hydrogen-bond donors (Lipinski definition) is 1. The number of nitrogens with zero attached hydrogens (tertiary/aromatic N) is 2. The zero-order valence-corrected chi connectivity index (χ0v) is 10.2. The van der Waals surface area contributed by atoms with E-state index in [4.69, 9.17) is 5.11 Å². The lowest BCUT2D eigenvalue weighted by molar-refractivity contribution is -0.140. The Morgan fingerprint density at radius 1 is 1.60 bits per heavy atom. The van der Waals surface area contributed by atoms with Crippen molar-refractivity contribution in [2.24, 2.45) is 5.92 Å². The van der Waals surface area contributed by atoms with E-state index in [2.05, 4.69) is 27.6 Å². The summed E-state index contributed by atoms with van der Waals surface area (Å²) in [6, 6.07) is 3.92. The molecule has 0 aliphatic carbocycles. The molecule has 1 aromatic rings. The van der Waals surface area contributed by atoms with Crippen LogP contribution in [0, 0.1) is 9.49 Å². The molecule has 2 rings (SSSR count). The second-order valence-corrected chi connectivity index (χ2v) is 4.85. The van der Waals surface area contributed by atoms with E-state index in [1.807, 2.05) is 17.0 Å². The molecule has 1 saturated heterocycles. The summed E-state index contributed by atoms with van der Waals surface area (Å²) in [7, 11) is 0. The van der Waals surface area contributed by atoms with E-state index in [1.54, 1.807) is 6.20 Å². The minimum atomic E-state index is -0.706. The number of aromatic nitrogens is 1. The fourth-order valence-electron chi connectivity index (χ4n) is 1.72. The smallest absolute Gasteiger partial charge is 0.308 e. The fraction of sp³-hybridized carbons (Fsp3) is 0.400. The number of rotatable bonds is 2. The summed E-state index contributed by atoms with van der Waals surface area (Å²) >= 11 is 2.20. The topological polar surface area (TPSA) is 53.4 Å². The SMILES string of the molecule is O=C(O)C1CCN(c2ccc(I)cn2)C1. The molecule has 1 aliphatic rings. The van der Waals surface area contributed by atoms with Crippen molar-refractivity contribution in [2.75, 3.05) is 18.0 Å². The quantitative estimate of drug-likeness (QED) is 0.842. The number of carboxylic acids is 1. The third kappa shape index (κ3) is 2.39. The highest BCUT2D eigenvalue weighted by Gasteiger charge is 2.28. The second-order valence-electron chi connectivity index (χ2n) is 3.60. The van der Waals surface area contributed by atoms with Gasteiger partial charge in [-0.3, -0.25) is 4.79 Å². The van der Waals surface area contributed by atoms with Gasteiger partial charge in [0.25, 0.3) is 0 Å². The lowest BCUT2D eigenvalue weighted by Crippen LogP contribution is -2.23. The van der Waals surface area contributed by atoms with Crippen LogP contribution in [-0.2, 0) is 4.79 Å². The van der Waals surface area contributed by atoms with Crippen molar-refractivity contribution in [1.29, 1.82) is 0 Å². The summed E-state index contributed by atoms with van der Waals surface area (Å²) in [6.07, 6.45) is 2.51. The van der Waals surface area contributed by atoms with Gasteiger partial charge in [-0.25, -0.2) is 4.98 Å². The Labute approximate surface area is 101 Å². The van der Waals surface area contributed by atoms with Crippen LogP contribution in [0.25, 0.3) is 0 Å². The van der Waals surface area contributed by atoms with E-state index in [1.165, 1.54) is 0 Å². The predicted molar refractivity (Wildman–Crippen MR) is 64.9 cm³/mol. The van der Waals surface area contributed by atoms with E-state index < -0.39 is 5.97 Å². The molecular formula is C10H11IN2O2.